The van der Waals surface area contributed by atoms with Crippen LogP contribution in [0.5, 0.6) is 11.5 Å². The first-order chi connectivity index (χ1) is 24.7. The number of azide groups is 1. The van der Waals surface area contributed by atoms with Crippen molar-refractivity contribution < 1.29 is 71.6 Å². The number of hydrogen-bond donors (Lipinski definition) is 1. The van der Waals surface area contributed by atoms with Gasteiger partial charge in [0.2, 0.25) is 18.3 Å². The molecule has 3 rings (SSSR count). The number of nitro benzene ring substituents is 1. The molecule has 1 N–H and O–H groups in total. The molecule has 21 nitrogen and oxygen atoms in total. The minimum Gasteiger partial charge on any atom is -0.467 e. The van der Waals surface area contributed by atoms with Gasteiger partial charge in [-0.25, -0.2) is 9.59 Å². The predicted octanol–water partition coefficient (Wildman–Crippen LogP) is 3.41. The summed E-state index contributed by atoms with van der Waals surface area (Å²) in [7, 11) is 1.02. The molecule has 21 heteroatoms. The second-order valence-electron chi connectivity index (χ2n) is 10.6. The van der Waals surface area contributed by atoms with Crippen LogP contribution < -0.4 is 14.8 Å². The fourth-order valence-corrected chi connectivity index (χ4v) is 4.64. The summed E-state index contributed by atoms with van der Waals surface area (Å²) in [5.41, 5.74) is 8.51. The van der Waals surface area contributed by atoms with E-state index in [1.807, 2.05) is 0 Å². The molecular weight excluding hydrogens is 698 g/mol. The second-order valence-corrected chi connectivity index (χ2v) is 10.6. The molecule has 1 aliphatic rings. The average molecular weight is 732 g/mol. The molecule has 52 heavy (non-hydrogen) atoms. The molecule has 1 fully saturated rings. The van der Waals surface area contributed by atoms with Crippen LogP contribution in [0.2, 0.25) is 0 Å². The lowest BCUT2D eigenvalue weighted by atomic mass is 9.97. The van der Waals surface area contributed by atoms with Gasteiger partial charge in [0.15, 0.2) is 18.3 Å². The fraction of sp³-hybridized carbons (Fsp3) is 0.419. The van der Waals surface area contributed by atoms with E-state index < -0.39 is 78.2 Å². The molecule has 2 aromatic rings. The maximum Gasteiger partial charge on any atom is 0.514 e. The molecule has 2 aromatic carbocycles. The highest BCUT2D eigenvalue weighted by atomic mass is 16.7. The van der Waals surface area contributed by atoms with E-state index in [4.69, 9.17) is 43.4 Å². The number of benzene rings is 2. The highest BCUT2D eigenvalue weighted by Gasteiger charge is 2.56. The number of carbonyl (C=O) groups excluding carboxylic acids is 6. The molecule has 1 aliphatic heterocycles. The molecular formula is C31H33N5O16. The lowest BCUT2D eigenvalue weighted by Gasteiger charge is -2.43. The highest BCUT2D eigenvalue weighted by molar-refractivity contribution is 5.92. The largest absolute Gasteiger partial charge is 0.514 e. The van der Waals surface area contributed by atoms with Gasteiger partial charge in [0, 0.05) is 50.8 Å². The van der Waals surface area contributed by atoms with Crippen molar-refractivity contribution in [3.8, 4) is 11.5 Å². The van der Waals surface area contributed by atoms with Gasteiger partial charge >= 0.3 is 30.0 Å². The fourth-order valence-electron chi connectivity index (χ4n) is 4.64. The van der Waals surface area contributed by atoms with Gasteiger partial charge in [-0.1, -0.05) is 11.2 Å². The molecule has 278 valence electrons. The third-order valence-electron chi connectivity index (χ3n) is 6.73. The maximum atomic E-state index is 12.9. The number of nitrogens with zero attached hydrogens (tertiary/aromatic N) is 4. The number of methoxy groups -OCH3 is 1. The van der Waals surface area contributed by atoms with E-state index in [0.29, 0.717) is 0 Å². The van der Waals surface area contributed by atoms with Crippen LogP contribution in [0.3, 0.4) is 0 Å². The van der Waals surface area contributed by atoms with E-state index >= 15 is 0 Å². The Morgan fingerprint density at radius 1 is 0.942 bits per heavy atom. The van der Waals surface area contributed by atoms with Crippen LogP contribution in [0.4, 0.5) is 16.2 Å². The first kappa shape index (κ1) is 40.0. The van der Waals surface area contributed by atoms with Gasteiger partial charge in [-0.15, -0.1) is 0 Å². The minimum atomic E-state index is -1.76. The van der Waals surface area contributed by atoms with Crippen LogP contribution >= 0.6 is 0 Å². The predicted molar refractivity (Wildman–Crippen MR) is 170 cm³/mol. The van der Waals surface area contributed by atoms with Crippen molar-refractivity contribution in [3.63, 3.8) is 0 Å². The Morgan fingerprint density at radius 2 is 1.58 bits per heavy atom. The first-order valence-corrected chi connectivity index (χ1v) is 15.2. The summed E-state index contributed by atoms with van der Waals surface area (Å²) in [4.78, 5) is 87.2. The second kappa shape index (κ2) is 19.1. The maximum absolute atomic E-state index is 12.9. The normalized spacial score (nSPS) is 19.0. The van der Waals surface area contributed by atoms with Gasteiger partial charge in [-0.05, 0) is 41.8 Å². The number of amides is 1. The third kappa shape index (κ3) is 11.8. The molecule has 0 radical (unpaired) electrons. The molecule has 5 atom stereocenters. The van der Waals surface area contributed by atoms with E-state index in [0.717, 1.165) is 40.0 Å². The quantitative estimate of drug-likeness (QED) is 0.0316. The number of nitrogens with one attached hydrogen (secondary N) is 1. The summed E-state index contributed by atoms with van der Waals surface area (Å²) in [5.74, 6) is -4.54. The topological polar surface area (TPSA) is 280 Å². The number of anilines is 1. The van der Waals surface area contributed by atoms with Gasteiger partial charge in [-0.3, -0.25) is 29.3 Å². The van der Waals surface area contributed by atoms with E-state index in [-0.39, 0.29) is 47.8 Å². The number of esters is 4. The first-order valence-electron chi connectivity index (χ1n) is 15.2. The number of ether oxygens (including phenoxy) is 8. The SMILES string of the molecule is COC(=O)C1OC(Oc2ccc(COC(=O)Oc3ccc([N+](=O)[O-])cc3)cc2NC(=O)CCCN=[N+]=[N-])[C@H](OC(C)=O)[C@@H](OC(C)=O)[C@@H]1OC(C)=O. The summed E-state index contributed by atoms with van der Waals surface area (Å²) < 4.78 is 42.7. The molecule has 0 bridgehead atoms. The molecule has 2 unspecified atom stereocenters. The van der Waals surface area contributed by atoms with Gasteiger partial charge < -0.3 is 43.2 Å². The Labute approximate surface area is 294 Å². The summed E-state index contributed by atoms with van der Waals surface area (Å²) in [6, 6.07) is 8.69. The van der Waals surface area contributed by atoms with Crippen molar-refractivity contribution in [3.05, 3.63) is 68.6 Å². The Morgan fingerprint density at radius 3 is 2.17 bits per heavy atom. The van der Waals surface area contributed by atoms with Crippen molar-refractivity contribution in [1.29, 1.82) is 0 Å². The number of non-ortho nitro benzene ring substituents is 1. The van der Waals surface area contributed by atoms with Crippen LogP contribution in [-0.2, 0) is 59.0 Å². The van der Waals surface area contributed by atoms with Gasteiger partial charge in [0.05, 0.1) is 17.7 Å². The average Bonchev–Trinajstić information content (AvgIpc) is 3.08. The molecule has 0 aliphatic carbocycles. The highest BCUT2D eigenvalue weighted by Crippen LogP contribution is 2.34. The van der Waals surface area contributed by atoms with Crippen molar-refractivity contribution in [2.45, 2.75) is 70.9 Å². The Balaban J connectivity index is 1.94. The summed E-state index contributed by atoms with van der Waals surface area (Å²) in [5, 5.41) is 16.8. The Hall–Kier alpha value is -6.47. The van der Waals surface area contributed by atoms with Crippen LogP contribution in [0.25, 0.3) is 10.4 Å². The number of carbonyl (C=O) groups is 6. The summed E-state index contributed by atoms with van der Waals surface area (Å²) in [6.45, 7) is 2.68. The molecule has 1 heterocycles. The zero-order chi connectivity index (χ0) is 38.4. The summed E-state index contributed by atoms with van der Waals surface area (Å²) in [6.07, 6.45) is -9.58. The van der Waals surface area contributed by atoms with E-state index in [2.05, 4.69) is 15.3 Å². The molecule has 0 saturated carbocycles. The smallest absolute Gasteiger partial charge is 0.467 e. The number of nitro groups is 1. The van der Waals surface area contributed by atoms with Crippen LogP contribution in [0.1, 0.15) is 39.2 Å². The minimum absolute atomic E-state index is 0.0218. The van der Waals surface area contributed by atoms with Gasteiger partial charge in [-0.2, -0.15) is 0 Å². The van der Waals surface area contributed by atoms with Crippen LogP contribution in [0, 0.1) is 10.1 Å². The van der Waals surface area contributed by atoms with Crippen molar-refractivity contribution in [2.24, 2.45) is 5.11 Å². The van der Waals surface area contributed by atoms with Crippen molar-refractivity contribution >= 4 is 47.3 Å². The number of hydrogen-bond acceptors (Lipinski definition) is 17. The zero-order valence-corrected chi connectivity index (χ0v) is 28.1. The molecule has 0 spiro atoms. The van der Waals surface area contributed by atoms with Crippen molar-refractivity contribution in [1.82, 2.24) is 0 Å². The van der Waals surface area contributed by atoms with Gasteiger partial charge in [0.1, 0.15) is 18.1 Å². The van der Waals surface area contributed by atoms with E-state index in [1.165, 1.54) is 30.3 Å². The lowest BCUT2D eigenvalue weighted by Crippen LogP contribution is -2.64. The monoisotopic (exact) mass is 731 g/mol. The van der Waals surface area contributed by atoms with Crippen LogP contribution in [-0.4, -0.2) is 85.2 Å². The Bertz CT molecular complexity index is 1710. The van der Waals surface area contributed by atoms with Crippen molar-refractivity contribution in [2.75, 3.05) is 19.0 Å². The summed E-state index contributed by atoms with van der Waals surface area (Å²) >= 11 is 0. The Kier molecular flexibility index (Phi) is 14.7. The third-order valence-corrected chi connectivity index (χ3v) is 6.73. The zero-order valence-electron chi connectivity index (χ0n) is 28.1. The number of rotatable bonds is 15. The van der Waals surface area contributed by atoms with E-state index in [1.54, 1.807) is 0 Å². The molecule has 1 saturated heterocycles. The lowest BCUT2D eigenvalue weighted by molar-refractivity contribution is -0.384. The molecule has 0 aromatic heterocycles. The van der Waals surface area contributed by atoms with Gasteiger partial charge in [0.25, 0.3) is 5.69 Å². The standard InChI is InChI=1S/C31H33N5O16/c1-16(37)47-25-26(48-17(2)38)28(49-18(3)39)30(52-27(25)29(41)45-4)51-23-12-7-19(14-22(23)34-24(40)6-5-13-33-35-32)15-46-31(42)50-21-10-8-20(9-11-21)36(43)44/h7-12,14,25-28,30H,5-6,13,15H2,1-4H3,(H,34,40)/t25-,26-,27?,28+,30?/m0/s1. The molecule has 1 amide bonds. The van der Waals surface area contributed by atoms with E-state index in [9.17, 15) is 38.9 Å². The van der Waals surface area contributed by atoms with Crippen LogP contribution in [0.15, 0.2) is 47.6 Å².